The summed E-state index contributed by atoms with van der Waals surface area (Å²) in [6.07, 6.45) is 8.45. The van der Waals surface area contributed by atoms with Gasteiger partial charge in [0.1, 0.15) is 11.9 Å². The van der Waals surface area contributed by atoms with Crippen molar-refractivity contribution in [2.24, 2.45) is 0 Å². The Balaban J connectivity index is 1.53. The van der Waals surface area contributed by atoms with Gasteiger partial charge >= 0.3 is 0 Å². The Morgan fingerprint density at radius 3 is 2.70 bits per heavy atom. The lowest BCUT2D eigenvalue weighted by Crippen LogP contribution is -2.41. The van der Waals surface area contributed by atoms with Crippen molar-refractivity contribution in [1.82, 2.24) is 20.1 Å². The van der Waals surface area contributed by atoms with Crippen molar-refractivity contribution >= 4 is 5.91 Å². The van der Waals surface area contributed by atoms with E-state index in [2.05, 4.69) is 15.2 Å². The van der Waals surface area contributed by atoms with Gasteiger partial charge in [0.05, 0.1) is 11.8 Å². The second kappa shape index (κ2) is 5.73. The van der Waals surface area contributed by atoms with Gasteiger partial charge < -0.3 is 9.64 Å². The fourth-order valence-corrected chi connectivity index (χ4v) is 2.34. The van der Waals surface area contributed by atoms with Gasteiger partial charge in [-0.3, -0.25) is 14.9 Å². The minimum atomic E-state index is 0.0288. The predicted octanol–water partition coefficient (Wildman–Crippen LogP) is 1.49. The minimum absolute atomic E-state index is 0.0288. The van der Waals surface area contributed by atoms with Gasteiger partial charge in [-0.15, -0.1) is 0 Å². The Kier molecular flexibility index (Phi) is 3.62. The molecule has 20 heavy (non-hydrogen) atoms. The quantitative estimate of drug-likeness (QED) is 0.919. The van der Waals surface area contributed by atoms with Gasteiger partial charge in [0.15, 0.2) is 0 Å². The lowest BCUT2D eigenvalue weighted by molar-refractivity contribution is 0.0595. The van der Waals surface area contributed by atoms with Gasteiger partial charge in [-0.1, -0.05) is 0 Å². The Morgan fingerprint density at radius 1 is 1.30 bits per heavy atom. The van der Waals surface area contributed by atoms with Crippen LogP contribution in [-0.2, 0) is 0 Å². The zero-order valence-electron chi connectivity index (χ0n) is 11.0. The summed E-state index contributed by atoms with van der Waals surface area (Å²) in [5, 5.41) is 6.47. The van der Waals surface area contributed by atoms with Gasteiger partial charge in [-0.2, -0.15) is 5.10 Å². The van der Waals surface area contributed by atoms with Crippen LogP contribution < -0.4 is 4.74 Å². The van der Waals surface area contributed by atoms with E-state index in [1.54, 1.807) is 24.8 Å². The monoisotopic (exact) mass is 272 g/mol. The molecule has 0 bridgehead atoms. The number of aromatic amines is 1. The summed E-state index contributed by atoms with van der Waals surface area (Å²) in [5.41, 5.74) is 0.610. The summed E-state index contributed by atoms with van der Waals surface area (Å²) in [6.45, 7) is 1.42. The van der Waals surface area contributed by atoms with E-state index >= 15 is 0 Å². The van der Waals surface area contributed by atoms with Crippen molar-refractivity contribution in [2.45, 2.75) is 18.9 Å². The number of H-pyrrole nitrogens is 1. The zero-order valence-corrected chi connectivity index (χ0v) is 11.0. The molecule has 0 aliphatic carbocycles. The molecular weight excluding hydrogens is 256 g/mol. The molecule has 104 valence electrons. The van der Waals surface area contributed by atoms with Crippen molar-refractivity contribution < 1.29 is 9.53 Å². The number of aromatic nitrogens is 3. The van der Waals surface area contributed by atoms with E-state index in [9.17, 15) is 4.79 Å². The van der Waals surface area contributed by atoms with Gasteiger partial charge in [0.25, 0.3) is 5.91 Å². The third kappa shape index (κ3) is 2.79. The highest BCUT2D eigenvalue weighted by atomic mass is 16.5. The second-order valence-electron chi connectivity index (χ2n) is 4.78. The first kappa shape index (κ1) is 12.7. The van der Waals surface area contributed by atoms with E-state index in [0.29, 0.717) is 18.7 Å². The molecule has 2 aromatic rings. The first-order valence-electron chi connectivity index (χ1n) is 6.67. The average Bonchev–Trinajstić information content (AvgIpc) is 3.03. The van der Waals surface area contributed by atoms with Crippen LogP contribution in [0.4, 0.5) is 0 Å². The molecule has 0 radical (unpaired) electrons. The molecule has 1 saturated heterocycles. The van der Waals surface area contributed by atoms with Crippen LogP contribution in [0, 0.1) is 0 Å². The molecular formula is C14H16N4O2. The molecule has 0 saturated carbocycles. The Hall–Kier alpha value is -2.37. The number of nitrogens with zero attached hydrogens (tertiary/aromatic N) is 3. The molecule has 1 N–H and O–H groups in total. The molecule has 3 rings (SSSR count). The molecule has 1 fully saturated rings. The summed E-state index contributed by atoms with van der Waals surface area (Å²) < 4.78 is 5.88. The van der Waals surface area contributed by atoms with E-state index in [4.69, 9.17) is 4.74 Å². The molecule has 0 atom stereocenters. The number of piperidine rings is 1. The third-order valence-corrected chi connectivity index (χ3v) is 3.43. The predicted molar refractivity (Wildman–Crippen MR) is 72.4 cm³/mol. The van der Waals surface area contributed by atoms with E-state index in [-0.39, 0.29) is 12.0 Å². The maximum atomic E-state index is 12.1. The van der Waals surface area contributed by atoms with Crippen LogP contribution in [0.5, 0.6) is 5.75 Å². The summed E-state index contributed by atoms with van der Waals surface area (Å²) in [6, 6.07) is 3.70. The van der Waals surface area contributed by atoms with Crippen LogP contribution in [0.2, 0.25) is 0 Å². The highest BCUT2D eigenvalue weighted by Gasteiger charge is 2.25. The molecule has 1 amide bonds. The summed E-state index contributed by atoms with van der Waals surface area (Å²) in [7, 11) is 0. The van der Waals surface area contributed by atoms with Crippen LogP contribution in [0.25, 0.3) is 0 Å². The normalized spacial score (nSPS) is 16.1. The summed E-state index contributed by atoms with van der Waals surface area (Å²) in [5.74, 6) is 0.862. The maximum absolute atomic E-state index is 12.1. The van der Waals surface area contributed by atoms with Gasteiger partial charge in [0.2, 0.25) is 0 Å². The molecule has 1 aliphatic heterocycles. The smallest absolute Gasteiger partial charge is 0.257 e. The minimum Gasteiger partial charge on any atom is -0.490 e. The van der Waals surface area contributed by atoms with Crippen molar-refractivity contribution in [3.63, 3.8) is 0 Å². The van der Waals surface area contributed by atoms with Crippen LogP contribution in [0.3, 0.4) is 0 Å². The number of hydrogen-bond acceptors (Lipinski definition) is 4. The Labute approximate surface area is 116 Å². The molecule has 3 heterocycles. The fraction of sp³-hybridized carbons (Fsp3) is 0.357. The Bertz CT molecular complexity index is 548. The third-order valence-electron chi connectivity index (χ3n) is 3.43. The van der Waals surface area contributed by atoms with Crippen LogP contribution >= 0.6 is 0 Å². The number of carbonyl (C=O) groups excluding carboxylic acids is 1. The number of carbonyl (C=O) groups is 1. The number of hydrogen-bond donors (Lipinski definition) is 1. The average molecular weight is 272 g/mol. The molecule has 0 unspecified atom stereocenters. The van der Waals surface area contributed by atoms with Crippen molar-refractivity contribution in [3.8, 4) is 5.75 Å². The molecule has 0 spiro atoms. The highest BCUT2D eigenvalue weighted by molar-refractivity contribution is 5.93. The van der Waals surface area contributed by atoms with E-state index < -0.39 is 0 Å². The first-order chi connectivity index (χ1) is 9.83. The van der Waals surface area contributed by atoms with Crippen molar-refractivity contribution in [2.75, 3.05) is 13.1 Å². The van der Waals surface area contributed by atoms with Crippen LogP contribution in [0.15, 0.2) is 36.9 Å². The molecule has 0 aromatic carbocycles. The zero-order chi connectivity index (χ0) is 13.8. The molecule has 6 heteroatoms. The van der Waals surface area contributed by atoms with E-state index in [1.165, 1.54) is 0 Å². The van der Waals surface area contributed by atoms with E-state index in [0.717, 1.165) is 18.6 Å². The van der Waals surface area contributed by atoms with Crippen LogP contribution in [-0.4, -0.2) is 45.2 Å². The van der Waals surface area contributed by atoms with Crippen LogP contribution in [0.1, 0.15) is 23.2 Å². The molecule has 1 aliphatic rings. The summed E-state index contributed by atoms with van der Waals surface area (Å²) in [4.78, 5) is 17.9. The fourth-order valence-electron chi connectivity index (χ4n) is 2.34. The molecule has 2 aromatic heterocycles. The number of ether oxygens (including phenoxy) is 1. The van der Waals surface area contributed by atoms with Gasteiger partial charge in [-0.05, 0) is 12.1 Å². The number of pyridine rings is 1. The number of nitrogens with one attached hydrogen (secondary N) is 1. The SMILES string of the molecule is O=C(c1cn[nH]c1)N1CCC(Oc2ccncc2)CC1. The number of amides is 1. The first-order valence-corrected chi connectivity index (χ1v) is 6.67. The van der Waals surface area contributed by atoms with Gasteiger partial charge in [0, 0.05) is 44.5 Å². The lowest BCUT2D eigenvalue weighted by atomic mass is 10.1. The lowest BCUT2D eigenvalue weighted by Gasteiger charge is -2.31. The maximum Gasteiger partial charge on any atom is 0.257 e. The number of likely N-dealkylation sites (tertiary alicyclic amines) is 1. The van der Waals surface area contributed by atoms with Crippen molar-refractivity contribution in [3.05, 3.63) is 42.5 Å². The number of rotatable bonds is 3. The standard InChI is InChI=1S/C14H16N4O2/c19-14(11-9-16-17-10-11)18-7-3-13(4-8-18)20-12-1-5-15-6-2-12/h1-2,5-6,9-10,13H,3-4,7-8H2,(H,16,17). The highest BCUT2D eigenvalue weighted by Crippen LogP contribution is 2.19. The summed E-state index contributed by atoms with van der Waals surface area (Å²) >= 11 is 0. The van der Waals surface area contributed by atoms with Crippen molar-refractivity contribution in [1.29, 1.82) is 0 Å². The van der Waals surface area contributed by atoms with E-state index in [1.807, 2.05) is 17.0 Å². The van der Waals surface area contributed by atoms with Gasteiger partial charge in [-0.25, -0.2) is 0 Å². The topological polar surface area (TPSA) is 71.1 Å². The Morgan fingerprint density at radius 2 is 2.05 bits per heavy atom. The largest absolute Gasteiger partial charge is 0.490 e. The molecule has 6 nitrogen and oxygen atoms in total. The second-order valence-corrected chi connectivity index (χ2v) is 4.78.